The fraction of sp³-hybridized carbons (Fsp3) is 0. The first kappa shape index (κ1) is 22.7. The Hall–Kier alpha value is -0.514. The van der Waals surface area contributed by atoms with Crippen LogP contribution in [-0.2, 0) is 0 Å². The molecule has 0 unspecified atom stereocenters. The zero-order chi connectivity index (χ0) is 8.12. The molecule has 0 saturated heterocycles. The third kappa shape index (κ3) is 1190. The van der Waals surface area contributed by atoms with Crippen LogP contribution in [0.15, 0.2) is 16.0 Å². The first-order chi connectivity index (χ1) is 4.24. The maximum Gasteiger partial charge on any atom is 3.00 e. The number of rotatable bonds is 0. The van der Waals surface area contributed by atoms with Gasteiger partial charge in [-0.05, 0) is 0 Å². The molecular weight excluding hydrogens is 297 g/mol. The van der Waals surface area contributed by atoms with Gasteiger partial charge in [0.1, 0.15) is 0 Å². The Kier molecular flexibility index (Phi) is 175. The van der Waals surface area contributed by atoms with Gasteiger partial charge in [0.2, 0.25) is 0 Å². The predicted octanol–water partition coefficient (Wildman–Crippen LogP) is 0.752. The fourth-order valence-corrected chi connectivity index (χ4v) is 0. The van der Waals surface area contributed by atoms with E-state index in [0.717, 1.165) is 16.0 Å². The Morgan fingerprint density at radius 1 is 0.700 bits per heavy atom. The van der Waals surface area contributed by atoms with Gasteiger partial charge >= 0.3 is 38.6 Å². The van der Waals surface area contributed by atoms with Crippen molar-refractivity contribution in [1.29, 1.82) is 0 Å². The number of hydrogen-bond acceptors (Lipinski definition) is 9. The van der Waals surface area contributed by atoms with E-state index < -0.39 is 0 Å². The Balaban J connectivity index is -0.0000000257. The van der Waals surface area contributed by atoms with Gasteiger partial charge in [-0.1, -0.05) is 0 Å². The summed E-state index contributed by atoms with van der Waals surface area (Å²) in [5.74, 6) is 0. The van der Waals surface area contributed by atoms with Gasteiger partial charge in [-0.3, -0.25) is 0 Å². The molecule has 0 rings (SSSR count). The molecule has 9 nitrogen and oxygen atoms in total. The van der Waals surface area contributed by atoms with Gasteiger partial charge < -0.3 is 30.3 Å². The molecule has 0 N–H and O–H groups in total. The Bertz CT molecular complexity index is 49.7. The molecule has 10 heteroatoms. The van der Waals surface area contributed by atoms with E-state index >= 15 is 0 Å². The van der Waals surface area contributed by atoms with Crippen LogP contribution in [0.25, 0.3) is 0 Å². The van der Waals surface area contributed by atoms with Crippen molar-refractivity contribution >= 4 is 0 Å². The third-order valence-corrected chi connectivity index (χ3v) is 0. The second-order valence-corrected chi connectivity index (χ2v) is 0.224. The summed E-state index contributed by atoms with van der Waals surface area (Å²) in [5.41, 5.74) is 0. The van der Waals surface area contributed by atoms with Gasteiger partial charge in [-0.2, -0.15) is 0 Å². The molecule has 0 atom stereocenters. The molecule has 0 aliphatic rings. The van der Waals surface area contributed by atoms with Crippen LogP contribution in [0.4, 0.5) is 0 Å². The summed E-state index contributed by atoms with van der Waals surface area (Å²) in [4.78, 5) is 24.0. The Morgan fingerprint density at radius 2 is 0.700 bits per heavy atom. The van der Waals surface area contributed by atoms with Crippen LogP contribution in [-0.4, -0.2) is 0 Å². The molecule has 0 radical (unpaired) electrons. The van der Waals surface area contributed by atoms with Crippen LogP contribution in [0.1, 0.15) is 0 Å². The molecule has 0 amide bonds. The van der Waals surface area contributed by atoms with E-state index in [1.807, 2.05) is 0 Å². The molecular formula is N3O6Tb. The van der Waals surface area contributed by atoms with Crippen LogP contribution in [0.2, 0.25) is 0 Å². The summed E-state index contributed by atoms with van der Waals surface area (Å²) in [6.45, 7) is 0. The van der Waals surface area contributed by atoms with Crippen molar-refractivity contribution in [2.24, 2.45) is 16.0 Å². The molecule has 0 aliphatic carbocycles. The van der Waals surface area contributed by atoms with Crippen LogP contribution in [0.5, 0.6) is 0 Å². The van der Waals surface area contributed by atoms with E-state index in [2.05, 4.69) is 0 Å². The molecule has 0 spiro atoms. The minimum Gasteiger partial charge on any atom is -0.444 e. The fourth-order valence-electron chi connectivity index (χ4n) is 0. The average Bonchev–Trinajstić information content (AvgIpc) is 1.70. The summed E-state index contributed by atoms with van der Waals surface area (Å²) >= 11 is 0. The van der Waals surface area contributed by atoms with Gasteiger partial charge in [0.05, 0.1) is 0 Å². The molecule has 0 aliphatic heterocycles. The van der Waals surface area contributed by atoms with E-state index in [1.165, 1.54) is 0 Å². The molecule has 0 aromatic heterocycles. The summed E-state index contributed by atoms with van der Waals surface area (Å²) in [6, 6.07) is 0. The normalized spacial score (nSPS) is 3.60. The van der Waals surface area contributed by atoms with Crippen LogP contribution >= 0.6 is 0 Å². The smallest absolute Gasteiger partial charge is 0.444 e. The SMILES string of the molecule is O=N[O-].O=N[O-].O=N[O-].[Tb+3]. The summed E-state index contributed by atoms with van der Waals surface area (Å²) in [6.07, 6.45) is 0. The third-order valence-electron chi connectivity index (χ3n) is 0. The largest absolute Gasteiger partial charge is 3.00 e. The van der Waals surface area contributed by atoms with Crippen molar-refractivity contribution in [1.82, 2.24) is 0 Å². The van der Waals surface area contributed by atoms with Gasteiger partial charge in [0, 0.05) is 0 Å². The molecule has 0 heterocycles. The van der Waals surface area contributed by atoms with Gasteiger partial charge in [-0.25, -0.2) is 0 Å². The molecule has 0 aromatic carbocycles. The maximum atomic E-state index is 8.00. The second kappa shape index (κ2) is 77.0. The van der Waals surface area contributed by atoms with Crippen molar-refractivity contribution in [3.63, 3.8) is 0 Å². The molecule has 0 bridgehead atoms. The van der Waals surface area contributed by atoms with E-state index in [4.69, 9.17) is 30.3 Å². The number of nitrogens with zero attached hydrogens (tertiary/aromatic N) is 3. The summed E-state index contributed by atoms with van der Waals surface area (Å²) in [5, 5.41) is 27.0. The standard InChI is InChI=1S/3HNO2.Tb/c3*2-1-3;/h3*(H,2,3);/q;;;+3/p-3. The van der Waals surface area contributed by atoms with Crippen molar-refractivity contribution in [3.05, 3.63) is 30.3 Å². The van der Waals surface area contributed by atoms with E-state index in [0.29, 0.717) is 0 Å². The topological polar surface area (TPSA) is 157 Å². The maximum absolute atomic E-state index is 8.00. The van der Waals surface area contributed by atoms with Crippen LogP contribution in [0, 0.1) is 69.0 Å². The molecule has 60 valence electrons. The van der Waals surface area contributed by atoms with Crippen molar-refractivity contribution in [2.75, 3.05) is 0 Å². The molecule has 10 heavy (non-hydrogen) atoms. The van der Waals surface area contributed by atoms with E-state index in [-0.39, 0.29) is 38.6 Å². The average molecular weight is 297 g/mol. The molecule has 0 saturated carbocycles. The Morgan fingerprint density at radius 3 is 0.700 bits per heavy atom. The van der Waals surface area contributed by atoms with Crippen LogP contribution in [0.3, 0.4) is 0 Å². The van der Waals surface area contributed by atoms with Gasteiger partial charge in [-0.15, -0.1) is 16.0 Å². The predicted molar refractivity (Wildman–Crippen MR) is 27.5 cm³/mol. The van der Waals surface area contributed by atoms with Gasteiger partial charge in [0.15, 0.2) is 0 Å². The molecule has 0 fully saturated rings. The van der Waals surface area contributed by atoms with E-state index in [1.54, 1.807) is 0 Å². The minimum absolute atomic E-state index is 0. The van der Waals surface area contributed by atoms with Crippen molar-refractivity contribution in [2.45, 2.75) is 0 Å². The summed E-state index contributed by atoms with van der Waals surface area (Å²) < 4.78 is 0. The van der Waals surface area contributed by atoms with E-state index in [9.17, 15) is 0 Å². The van der Waals surface area contributed by atoms with Gasteiger partial charge in [0.25, 0.3) is 0 Å². The summed E-state index contributed by atoms with van der Waals surface area (Å²) in [7, 11) is 0. The Labute approximate surface area is 84.7 Å². The first-order valence-electron chi connectivity index (χ1n) is 1.10. The quantitative estimate of drug-likeness (QED) is 0.474. The molecule has 0 aromatic rings. The van der Waals surface area contributed by atoms with Crippen molar-refractivity contribution in [3.8, 4) is 0 Å². The first-order valence-corrected chi connectivity index (χ1v) is 1.10. The number of hydrogen-bond donors (Lipinski definition) is 0. The van der Waals surface area contributed by atoms with Crippen molar-refractivity contribution < 1.29 is 38.6 Å². The monoisotopic (exact) mass is 297 g/mol. The zero-order valence-electron chi connectivity index (χ0n) is 4.12. The second-order valence-electron chi connectivity index (χ2n) is 0.224. The van der Waals surface area contributed by atoms with Crippen LogP contribution < -0.4 is 0 Å². The minimum atomic E-state index is 0. The zero-order valence-corrected chi connectivity index (χ0v) is 6.26.